The maximum Gasteiger partial charge on any atom is 0.260 e. The fraction of sp³-hybridized carbons (Fsp3) is 1.00. The standard InChI is InChI=1S/C9H17F2NS/c1-7(9(2,10)11)12-8-3-5-13-6-4-8/h7-8,12H,3-6H2,1-2H3. The summed E-state index contributed by atoms with van der Waals surface area (Å²) in [5.74, 6) is -0.413. The molecule has 0 bridgehead atoms. The van der Waals surface area contributed by atoms with Crippen LogP contribution in [0.3, 0.4) is 0 Å². The number of hydrogen-bond acceptors (Lipinski definition) is 2. The van der Waals surface area contributed by atoms with Crippen molar-refractivity contribution in [3.63, 3.8) is 0 Å². The molecule has 0 spiro atoms. The third-order valence-electron chi connectivity index (χ3n) is 2.47. The van der Waals surface area contributed by atoms with Gasteiger partial charge in [-0.05, 0) is 31.3 Å². The Kier molecular flexibility index (Phi) is 3.98. The summed E-state index contributed by atoms with van der Waals surface area (Å²) in [6.07, 6.45) is 2.04. The van der Waals surface area contributed by atoms with Crippen LogP contribution >= 0.6 is 11.8 Å². The second-order valence-corrected chi connectivity index (χ2v) is 4.96. The number of nitrogens with one attached hydrogen (secondary N) is 1. The molecule has 1 heterocycles. The second kappa shape index (κ2) is 4.60. The Morgan fingerprint density at radius 3 is 2.38 bits per heavy atom. The first-order chi connectivity index (χ1) is 6.00. The van der Waals surface area contributed by atoms with Gasteiger partial charge in [-0.2, -0.15) is 11.8 Å². The number of halogens is 2. The Balaban J connectivity index is 2.30. The molecule has 1 aliphatic heterocycles. The molecule has 1 atom stereocenters. The maximum absolute atomic E-state index is 12.8. The van der Waals surface area contributed by atoms with Crippen molar-refractivity contribution in [1.29, 1.82) is 0 Å². The van der Waals surface area contributed by atoms with Crippen molar-refractivity contribution in [2.45, 2.75) is 44.7 Å². The topological polar surface area (TPSA) is 12.0 Å². The van der Waals surface area contributed by atoms with Gasteiger partial charge < -0.3 is 5.32 Å². The van der Waals surface area contributed by atoms with Crippen molar-refractivity contribution in [1.82, 2.24) is 5.32 Å². The summed E-state index contributed by atoms with van der Waals surface area (Å²) in [7, 11) is 0. The highest BCUT2D eigenvalue weighted by atomic mass is 32.2. The zero-order chi connectivity index (χ0) is 9.90. The number of alkyl halides is 2. The molecule has 0 aliphatic carbocycles. The van der Waals surface area contributed by atoms with Gasteiger partial charge in [0.15, 0.2) is 0 Å². The molecule has 0 saturated carbocycles. The van der Waals surface area contributed by atoms with Gasteiger partial charge in [-0.25, -0.2) is 8.78 Å². The highest BCUT2D eigenvalue weighted by molar-refractivity contribution is 7.99. The number of thioether (sulfide) groups is 1. The van der Waals surface area contributed by atoms with Crippen LogP contribution in [0, 0.1) is 0 Å². The van der Waals surface area contributed by atoms with E-state index in [2.05, 4.69) is 5.32 Å². The zero-order valence-corrected chi connectivity index (χ0v) is 8.96. The van der Waals surface area contributed by atoms with Crippen LogP contribution in [-0.4, -0.2) is 29.5 Å². The van der Waals surface area contributed by atoms with E-state index in [1.165, 1.54) is 0 Å². The van der Waals surface area contributed by atoms with Crippen LogP contribution in [-0.2, 0) is 0 Å². The first-order valence-electron chi connectivity index (χ1n) is 4.72. The lowest BCUT2D eigenvalue weighted by atomic mass is 10.1. The third kappa shape index (κ3) is 3.81. The van der Waals surface area contributed by atoms with Crippen molar-refractivity contribution in [2.75, 3.05) is 11.5 Å². The van der Waals surface area contributed by atoms with E-state index in [4.69, 9.17) is 0 Å². The fourth-order valence-electron chi connectivity index (χ4n) is 1.36. The van der Waals surface area contributed by atoms with Gasteiger partial charge in [-0.3, -0.25) is 0 Å². The predicted molar refractivity (Wildman–Crippen MR) is 53.6 cm³/mol. The summed E-state index contributed by atoms with van der Waals surface area (Å²) >= 11 is 1.91. The van der Waals surface area contributed by atoms with E-state index in [9.17, 15) is 8.78 Å². The lowest BCUT2D eigenvalue weighted by Crippen LogP contribution is -2.47. The highest BCUT2D eigenvalue weighted by Gasteiger charge is 2.31. The molecule has 1 unspecified atom stereocenters. The zero-order valence-electron chi connectivity index (χ0n) is 8.15. The lowest BCUT2D eigenvalue weighted by molar-refractivity contribution is -0.0160. The maximum atomic E-state index is 12.8. The monoisotopic (exact) mass is 209 g/mol. The minimum absolute atomic E-state index is 0.294. The Hall–Kier alpha value is 0.170. The van der Waals surface area contributed by atoms with E-state index < -0.39 is 12.0 Å². The van der Waals surface area contributed by atoms with Crippen LogP contribution in [0.2, 0.25) is 0 Å². The van der Waals surface area contributed by atoms with Crippen molar-refractivity contribution in [2.24, 2.45) is 0 Å². The molecule has 1 rings (SSSR count). The molecule has 0 aromatic heterocycles. The van der Waals surface area contributed by atoms with Gasteiger partial charge in [-0.1, -0.05) is 0 Å². The van der Waals surface area contributed by atoms with Crippen molar-refractivity contribution < 1.29 is 8.78 Å². The third-order valence-corrected chi connectivity index (χ3v) is 3.52. The van der Waals surface area contributed by atoms with E-state index in [-0.39, 0.29) is 0 Å². The molecule has 4 heteroatoms. The van der Waals surface area contributed by atoms with Gasteiger partial charge in [0.25, 0.3) is 5.92 Å². The quantitative estimate of drug-likeness (QED) is 0.766. The van der Waals surface area contributed by atoms with Crippen LogP contribution in [0.25, 0.3) is 0 Å². The first-order valence-corrected chi connectivity index (χ1v) is 5.87. The molecule has 13 heavy (non-hydrogen) atoms. The number of rotatable bonds is 3. The van der Waals surface area contributed by atoms with Crippen LogP contribution in [0.5, 0.6) is 0 Å². The predicted octanol–water partition coefficient (Wildman–Crippen LogP) is 2.52. The molecule has 1 fully saturated rings. The average molecular weight is 209 g/mol. The molecule has 0 aromatic rings. The Morgan fingerprint density at radius 2 is 1.92 bits per heavy atom. The van der Waals surface area contributed by atoms with Gasteiger partial charge in [-0.15, -0.1) is 0 Å². The summed E-state index contributed by atoms with van der Waals surface area (Å²) in [5.41, 5.74) is 0. The van der Waals surface area contributed by atoms with E-state index in [1.807, 2.05) is 11.8 Å². The fourth-order valence-corrected chi connectivity index (χ4v) is 2.47. The molecule has 1 N–H and O–H groups in total. The van der Waals surface area contributed by atoms with Gasteiger partial charge >= 0.3 is 0 Å². The summed E-state index contributed by atoms with van der Waals surface area (Å²) in [6, 6.07) is -0.414. The molecule has 0 aromatic carbocycles. The minimum Gasteiger partial charge on any atom is -0.306 e. The molecular formula is C9H17F2NS. The van der Waals surface area contributed by atoms with Crippen molar-refractivity contribution in [3.8, 4) is 0 Å². The summed E-state index contributed by atoms with van der Waals surface area (Å²) in [5, 5.41) is 3.00. The molecule has 1 aliphatic rings. The number of hydrogen-bond donors (Lipinski definition) is 1. The molecule has 0 radical (unpaired) electrons. The Morgan fingerprint density at radius 1 is 1.38 bits per heavy atom. The van der Waals surface area contributed by atoms with Crippen LogP contribution < -0.4 is 5.32 Å². The van der Waals surface area contributed by atoms with Crippen molar-refractivity contribution >= 4 is 11.8 Å². The molecule has 1 nitrogen and oxygen atoms in total. The largest absolute Gasteiger partial charge is 0.306 e. The molecule has 1 saturated heterocycles. The average Bonchev–Trinajstić information content (AvgIpc) is 2.04. The minimum atomic E-state index is -2.61. The van der Waals surface area contributed by atoms with Crippen LogP contribution in [0.4, 0.5) is 8.78 Å². The molecule has 78 valence electrons. The van der Waals surface area contributed by atoms with E-state index >= 15 is 0 Å². The lowest BCUT2D eigenvalue weighted by Gasteiger charge is -2.29. The Labute approximate surface area is 82.7 Å². The van der Waals surface area contributed by atoms with Gasteiger partial charge in [0.1, 0.15) is 0 Å². The highest BCUT2D eigenvalue weighted by Crippen LogP contribution is 2.21. The second-order valence-electron chi connectivity index (χ2n) is 3.73. The summed E-state index contributed by atoms with van der Waals surface area (Å²) < 4.78 is 25.6. The van der Waals surface area contributed by atoms with E-state index in [0.717, 1.165) is 31.3 Å². The van der Waals surface area contributed by atoms with Gasteiger partial charge in [0.05, 0.1) is 6.04 Å². The Bertz CT molecular complexity index is 152. The van der Waals surface area contributed by atoms with E-state index in [1.54, 1.807) is 6.92 Å². The van der Waals surface area contributed by atoms with Crippen LogP contribution in [0.15, 0.2) is 0 Å². The normalized spacial score (nSPS) is 23.1. The van der Waals surface area contributed by atoms with Crippen molar-refractivity contribution in [3.05, 3.63) is 0 Å². The SMILES string of the molecule is CC(NC1CCSCC1)C(C)(F)F. The molecule has 0 amide bonds. The van der Waals surface area contributed by atoms with E-state index in [0.29, 0.717) is 6.04 Å². The van der Waals surface area contributed by atoms with Crippen LogP contribution in [0.1, 0.15) is 26.7 Å². The first kappa shape index (κ1) is 11.2. The van der Waals surface area contributed by atoms with Gasteiger partial charge in [0.2, 0.25) is 0 Å². The summed E-state index contributed by atoms with van der Waals surface area (Å²) in [6.45, 7) is 2.53. The van der Waals surface area contributed by atoms with Gasteiger partial charge in [0, 0.05) is 13.0 Å². The summed E-state index contributed by atoms with van der Waals surface area (Å²) in [4.78, 5) is 0. The molecular weight excluding hydrogens is 192 g/mol. The smallest absolute Gasteiger partial charge is 0.260 e.